The van der Waals surface area contributed by atoms with E-state index >= 15 is 0 Å². The van der Waals surface area contributed by atoms with Crippen LogP contribution in [0.3, 0.4) is 0 Å². The molecule has 0 aliphatic carbocycles. The molecule has 0 amide bonds. The third-order valence-electron chi connectivity index (χ3n) is 3.50. The van der Waals surface area contributed by atoms with Crippen LogP contribution >= 0.6 is 31.9 Å². The van der Waals surface area contributed by atoms with Gasteiger partial charge in [-0.15, -0.1) is 0 Å². The topological polar surface area (TPSA) is 30.5 Å². The van der Waals surface area contributed by atoms with Crippen molar-refractivity contribution < 1.29 is 9.47 Å². The molecule has 1 aromatic rings. The molecule has 0 bridgehead atoms. The lowest BCUT2D eigenvalue weighted by Gasteiger charge is -2.34. The van der Waals surface area contributed by atoms with Crippen LogP contribution in [-0.4, -0.2) is 25.4 Å². The van der Waals surface area contributed by atoms with Crippen molar-refractivity contribution in [3.05, 3.63) is 26.6 Å². The van der Waals surface area contributed by atoms with E-state index in [1.54, 1.807) is 0 Å². The normalized spacial score (nSPS) is 22.8. The van der Waals surface area contributed by atoms with Crippen LogP contribution in [0.1, 0.15) is 32.3 Å². The Morgan fingerprint density at radius 1 is 1.35 bits per heavy atom. The molecule has 1 unspecified atom stereocenters. The smallest absolute Gasteiger partial charge is 0.147 e. The van der Waals surface area contributed by atoms with E-state index in [2.05, 4.69) is 56.2 Å². The third-order valence-corrected chi connectivity index (χ3v) is 4.68. The van der Waals surface area contributed by atoms with Crippen molar-refractivity contribution in [2.45, 2.75) is 38.8 Å². The maximum absolute atomic E-state index is 5.60. The fourth-order valence-corrected chi connectivity index (χ4v) is 3.90. The Morgan fingerprint density at radius 2 is 2.05 bits per heavy atom. The molecule has 5 heteroatoms. The van der Waals surface area contributed by atoms with Crippen molar-refractivity contribution in [3.63, 3.8) is 0 Å². The first-order chi connectivity index (χ1) is 9.54. The average molecular weight is 407 g/mol. The number of hydrogen-bond donors (Lipinski definition) is 1. The molecule has 1 fully saturated rings. The molecule has 112 valence electrons. The first-order valence-corrected chi connectivity index (χ1v) is 8.56. The van der Waals surface area contributed by atoms with E-state index in [1.807, 2.05) is 6.92 Å². The number of rotatable bonds is 5. The Hall–Kier alpha value is -0.100. The van der Waals surface area contributed by atoms with Gasteiger partial charge in [-0.2, -0.15) is 0 Å². The van der Waals surface area contributed by atoms with Gasteiger partial charge in [0.1, 0.15) is 5.75 Å². The van der Waals surface area contributed by atoms with Crippen LogP contribution < -0.4 is 10.1 Å². The lowest BCUT2D eigenvalue weighted by molar-refractivity contribution is 0.0278. The van der Waals surface area contributed by atoms with Gasteiger partial charge in [0, 0.05) is 18.7 Å². The van der Waals surface area contributed by atoms with Gasteiger partial charge in [0.15, 0.2) is 0 Å². The average Bonchev–Trinajstić information content (AvgIpc) is 2.42. The largest absolute Gasteiger partial charge is 0.492 e. The van der Waals surface area contributed by atoms with E-state index in [-0.39, 0.29) is 5.54 Å². The summed E-state index contributed by atoms with van der Waals surface area (Å²) < 4.78 is 13.1. The van der Waals surface area contributed by atoms with Gasteiger partial charge in [0.05, 0.1) is 22.2 Å². The molecule has 1 N–H and O–H groups in total. The van der Waals surface area contributed by atoms with Gasteiger partial charge < -0.3 is 14.8 Å². The molecule has 1 atom stereocenters. The fourth-order valence-electron chi connectivity index (χ4n) is 2.39. The zero-order chi connectivity index (χ0) is 14.6. The van der Waals surface area contributed by atoms with Crippen LogP contribution in [0.15, 0.2) is 21.1 Å². The highest BCUT2D eigenvalue weighted by Gasteiger charge is 2.26. The summed E-state index contributed by atoms with van der Waals surface area (Å²) in [5.74, 6) is 0.864. The second kappa shape index (κ2) is 7.25. The molecule has 0 spiro atoms. The van der Waals surface area contributed by atoms with Gasteiger partial charge in [0.25, 0.3) is 0 Å². The van der Waals surface area contributed by atoms with Gasteiger partial charge in [-0.05, 0) is 76.2 Å². The summed E-state index contributed by atoms with van der Waals surface area (Å²) in [6.45, 7) is 7.36. The van der Waals surface area contributed by atoms with Gasteiger partial charge in [-0.1, -0.05) is 0 Å². The summed E-state index contributed by atoms with van der Waals surface area (Å²) in [5.41, 5.74) is 1.30. The van der Waals surface area contributed by atoms with Gasteiger partial charge in [0.2, 0.25) is 0 Å². The Bertz CT molecular complexity index is 436. The minimum atomic E-state index is 0.0792. The van der Waals surface area contributed by atoms with Crippen molar-refractivity contribution in [2.24, 2.45) is 0 Å². The van der Waals surface area contributed by atoms with E-state index in [1.165, 1.54) is 5.56 Å². The number of hydrogen-bond acceptors (Lipinski definition) is 3. The molecular weight excluding hydrogens is 386 g/mol. The summed E-state index contributed by atoms with van der Waals surface area (Å²) in [6, 6.07) is 4.21. The van der Waals surface area contributed by atoms with Crippen LogP contribution in [0.2, 0.25) is 0 Å². The predicted octanol–water partition coefficient (Wildman–Crippen LogP) is 4.27. The Balaban J connectivity index is 2.03. The standard InChI is InChI=1S/C15H21Br2NO2/c1-3-20-14-12(16)7-11(8-13(14)17)9-18-15(2)5-4-6-19-10-15/h7-8,18H,3-6,9-10H2,1-2H3. The molecule has 20 heavy (non-hydrogen) atoms. The van der Waals surface area contributed by atoms with Gasteiger partial charge in [-0.3, -0.25) is 0 Å². The highest BCUT2D eigenvalue weighted by atomic mass is 79.9. The van der Waals surface area contributed by atoms with E-state index < -0.39 is 0 Å². The van der Waals surface area contributed by atoms with E-state index in [0.29, 0.717) is 6.61 Å². The fraction of sp³-hybridized carbons (Fsp3) is 0.600. The van der Waals surface area contributed by atoms with E-state index in [0.717, 1.165) is 47.3 Å². The summed E-state index contributed by atoms with van der Waals surface area (Å²) >= 11 is 7.14. The summed E-state index contributed by atoms with van der Waals surface area (Å²) in [4.78, 5) is 0. The second-order valence-electron chi connectivity index (χ2n) is 5.39. The summed E-state index contributed by atoms with van der Waals surface area (Å²) in [6.07, 6.45) is 2.28. The first kappa shape index (κ1) is 16.3. The zero-order valence-electron chi connectivity index (χ0n) is 12.0. The maximum Gasteiger partial charge on any atom is 0.147 e. The minimum absolute atomic E-state index is 0.0792. The summed E-state index contributed by atoms with van der Waals surface area (Å²) in [5, 5.41) is 3.61. The molecule has 1 heterocycles. The van der Waals surface area contributed by atoms with Crippen molar-refractivity contribution >= 4 is 31.9 Å². The lowest BCUT2D eigenvalue weighted by Crippen LogP contribution is -2.48. The van der Waals surface area contributed by atoms with Crippen molar-refractivity contribution in [2.75, 3.05) is 19.8 Å². The number of halogens is 2. The molecule has 1 aliphatic heterocycles. The summed E-state index contributed by atoms with van der Waals surface area (Å²) in [7, 11) is 0. The molecule has 1 aromatic carbocycles. The number of nitrogens with one attached hydrogen (secondary N) is 1. The van der Waals surface area contributed by atoms with Gasteiger partial charge in [-0.25, -0.2) is 0 Å². The predicted molar refractivity (Wildman–Crippen MR) is 88.3 cm³/mol. The number of ether oxygens (including phenoxy) is 2. The molecule has 2 rings (SSSR count). The lowest BCUT2D eigenvalue weighted by atomic mass is 9.94. The van der Waals surface area contributed by atoms with Crippen LogP contribution in [0.5, 0.6) is 5.75 Å². The van der Waals surface area contributed by atoms with Crippen LogP contribution in [0.4, 0.5) is 0 Å². The van der Waals surface area contributed by atoms with Crippen LogP contribution in [0, 0.1) is 0 Å². The minimum Gasteiger partial charge on any atom is -0.492 e. The Kier molecular flexibility index (Phi) is 5.90. The van der Waals surface area contributed by atoms with Crippen molar-refractivity contribution in [1.29, 1.82) is 0 Å². The molecular formula is C15H21Br2NO2. The molecule has 0 radical (unpaired) electrons. The highest BCUT2D eigenvalue weighted by molar-refractivity contribution is 9.11. The first-order valence-electron chi connectivity index (χ1n) is 6.97. The highest BCUT2D eigenvalue weighted by Crippen LogP contribution is 2.35. The molecule has 0 aromatic heterocycles. The van der Waals surface area contributed by atoms with Crippen LogP contribution in [-0.2, 0) is 11.3 Å². The van der Waals surface area contributed by atoms with E-state index in [9.17, 15) is 0 Å². The SMILES string of the molecule is CCOc1c(Br)cc(CNC2(C)CCCOC2)cc1Br. The molecule has 0 saturated carbocycles. The molecule has 3 nitrogen and oxygen atoms in total. The molecule has 1 aliphatic rings. The Morgan fingerprint density at radius 3 is 2.60 bits per heavy atom. The Labute approximate surface area is 137 Å². The van der Waals surface area contributed by atoms with Crippen LogP contribution in [0.25, 0.3) is 0 Å². The zero-order valence-corrected chi connectivity index (χ0v) is 15.1. The third kappa shape index (κ3) is 4.20. The van der Waals surface area contributed by atoms with Gasteiger partial charge >= 0.3 is 0 Å². The maximum atomic E-state index is 5.60. The monoisotopic (exact) mass is 405 g/mol. The van der Waals surface area contributed by atoms with E-state index in [4.69, 9.17) is 9.47 Å². The van der Waals surface area contributed by atoms with Crippen molar-refractivity contribution in [3.8, 4) is 5.75 Å². The van der Waals surface area contributed by atoms with Crippen molar-refractivity contribution in [1.82, 2.24) is 5.32 Å². The molecule has 1 saturated heterocycles. The quantitative estimate of drug-likeness (QED) is 0.791. The second-order valence-corrected chi connectivity index (χ2v) is 7.10. The number of benzene rings is 1.